The third kappa shape index (κ3) is 8.15. The number of ether oxygens (including phenoxy) is 3. The molecule has 43 heavy (non-hydrogen) atoms. The summed E-state index contributed by atoms with van der Waals surface area (Å²) in [6, 6.07) is 6.66. The number of carboxylic acids is 1. The summed E-state index contributed by atoms with van der Waals surface area (Å²) in [5.74, 6) is -1.24. The predicted molar refractivity (Wildman–Crippen MR) is 166 cm³/mol. The average Bonchev–Trinajstić information content (AvgIpc) is 2.91. The fraction of sp³-hybridized carbons (Fsp3) is 0.485. The number of benzene rings is 1. The summed E-state index contributed by atoms with van der Waals surface area (Å²) in [6.07, 6.45) is 3.76. The quantitative estimate of drug-likeness (QED) is 0.234. The summed E-state index contributed by atoms with van der Waals surface area (Å²) in [5.41, 5.74) is 3.07. The fourth-order valence-corrected chi connectivity index (χ4v) is 5.37. The van der Waals surface area contributed by atoms with E-state index in [2.05, 4.69) is 28.7 Å². The van der Waals surface area contributed by atoms with Crippen LogP contribution in [0.1, 0.15) is 70.4 Å². The molecule has 0 aliphatic carbocycles. The Morgan fingerprint density at radius 2 is 1.77 bits per heavy atom. The van der Waals surface area contributed by atoms with Crippen molar-refractivity contribution in [3.8, 4) is 22.8 Å². The fourth-order valence-electron chi connectivity index (χ4n) is 5.14. The molecule has 1 aliphatic heterocycles. The van der Waals surface area contributed by atoms with E-state index in [0.717, 1.165) is 18.4 Å². The normalized spacial score (nSPS) is 15.7. The maximum atomic E-state index is 15.4. The van der Waals surface area contributed by atoms with Crippen LogP contribution in [0.4, 0.5) is 10.1 Å². The number of carbonyl (C=O) groups is 1. The molecule has 0 spiro atoms. The van der Waals surface area contributed by atoms with Crippen LogP contribution in [0.15, 0.2) is 36.7 Å². The molecule has 1 aliphatic rings. The van der Waals surface area contributed by atoms with Crippen molar-refractivity contribution in [2.24, 2.45) is 5.41 Å². The van der Waals surface area contributed by atoms with Gasteiger partial charge in [-0.15, -0.1) is 0 Å². The van der Waals surface area contributed by atoms with Crippen LogP contribution in [-0.2, 0) is 9.53 Å². The standard InChI is InChI=1S/C33H41ClFN3O5/c1-20-16-23(34)8-9-26(20)41-14-15-42-30-25(35)17-22(18-37-30)24-19-36-21(2)27(29(31(39)40)43-32(3,4)5)28(24)38-12-10-33(6,7)11-13-38/h8-9,16-19,29H,10-15H2,1-7H3,(H,39,40)/t29-/m0/s1. The minimum atomic E-state index is -1.26. The molecular weight excluding hydrogens is 573 g/mol. The third-order valence-corrected chi connectivity index (χ3v) is 7.75. The van der Waals surface area contributed by atoms with Crippen molar-refractivity contribution < 1.29 is 28.5 Å². The number of nitrogens with zero attached hydrogens (tertiary/aromatic N) is 3. The van der Waals surface area contributed by atoms with Gasteiger partial charge in [0.05, 0.1) is 11.3 Å². The number of aryl methyl sites for hydroxylation is 2. The molecule has 3 heterocycles. The molecule has 1 saturated heterocycles. The van der Waals surface area contributed by atoms with E-state index in [1.807, 2.05) is 27.7 Å². The molecule has 1 N–H and O–H groups in total. The maximum absolute atomic E-state index is 15.4. The summed E-state index contributed by atoms with van der Waals surface area (Å²) in [5, 5.41) is 10.9. The van der Waals surface area contributed by atoms with Gasteiger partial charge in [0.2, 0.25) is 0 Å². The van der Waals surface area contributed by atoms with Gasteiger partial charge in [0, 0.05) is 52.9 Å². The van der Waals surface area contributed by atoms with E-state index in [4.69, 9.17) is 25.8 Å². The smallest absolute Gasteiger partial charge is 0.337 e. The van der Waals surface area contributed by atoms with Crippen molar-refractivity contribution in [1.82, 2.24) is 9.97 Å². The van der Waals surface area contributed by atoms with Gasteiger partial charge in [-0.2, -0.15) is 0 Å². The van der Waals surface area contributed by atoms with E-state index in [9.17, 15) is 9.90 Å². The third-order valence-electron chi connectivity index (χ3n) is 7.51. The largest absolute Gasteiger partial charge is 0.490 e. The molecule has 1 atom stereocenters. The molecule has 0 unspecified atom stereocenters. The molecule has 0 amide bonds. The Balaban J connectivity index is 1.65. The first kappa shape index (κ1) is 32.5. The highest BCUT2D eigenvalue weighted by Crippen LogP contribution is 2.43. The second kappa shape index (κ2) is 13.1. The van der Waals surface area contributed by atoms with Crippen molar-refractivity contribution in [3.63, 3.8) is 0 Å². The number of anilines is 1. The van der Waals surface area contributed by atoms with Crippen LogP contribution in [0.3, 0.4) is 0 Å². The highest BCUT2D eigenvalue weighted by molar-refractivity contribution is 6.30. The van der Waals surface area contributed by atoms with E-state index in [1.165, 1.54) is 12.3 Å². The van der Waals surface area contributed by atoms with Crippen LogP contribution in [-0.4, -0.2) is 52.9 Å². The Labute approximate surface area is 258 Å². The van der Waals surface area contributed by atoms with Crippen molar-refractivity contribution in [2.45, 2.75) is 73.0 Å². The second-order valence-corrected chi connectivity index (χ2v) is 13.2. The van der Waals surface area contributed by atoms with E-state index in [-0.39, 0.29) is 24.5 Å². The molecule has 0 radical (unpaired) electrons. The molecular formula is C33H41ClFN3O5. The molecule has 4 rings (SSSR count). The molecule has 10 heteroatoms. The number of hydrogen-bond acceptors (Lipinski definition) is 7. The lowest BCUT2D eigenvalue weighted by Gasteiger charge is -2.40. The first-order chi connectivity index (χ1) is 20.1. The minimum Gasteiger partial charge on any atom is -0.490 e. The molecule has 1 fully saturated rings. The lowest BCUT2D eigenvalue weighted by Crippen LogP contribution is -2.39. The van der Waals surface area contributed by atoms with Crippen LogP contribution in [0.5, 0.6) is 11.6 Å². The van der Waals surface area contributed by atoms with E-state index in [1.54, 1.807) is 31.3 Å². The number of aliphatic carboxylic acids is 1. The molecule has 8 nitrogen and oxygen atoms in total. The highest BCUT2D eigenvalue weighted by atomic mass is 35.5. The number of hydrogen-bond donors (Lipinski definition) is 1. The molecule has 2 aromatic heterocycles. The first-order valence-corrected chi connectivity index (χ1v) is 14.9. The second-order valence-electron chi connectivity index (χ2n) is 12.7. The van der Waals surface area contributed by atoms with E-state index >= 15 is 4.39 Å². The Morgan fingerprint density at radius 1 is 1.09 bits per heavy atom. The number of pyridine rings is 2. The van der Waals surface area contributed by atoms with Gasteiger partial charge in [0.25, 0.3) is 5.88 Å². The highest BCUT2D eigenvalue weighted by Gasteiger charge is 2.36. The van der Waals surface area contributed by atoms with Gasteiger partial charge in [-0.1, -0.05) is 25.4 Å². The van der Waals surface area contributed by atoms with Gasteiger partial charge in [-0.05, 0) is 82.7 Å². The summed E-state index contributed by atoms with van der Waals surface area (Å²) in [4.78, 5) is 23.6. The van der Waals surface area contributed by atoms with Crippen LogP contribution in [0, 0.1) is 25.1 Å². The van der Waals surface area contributed by atoms with Crippen molar-refractivity contribution in [1.29, 1.82) is 0 Å². The monoisotopic (exact) mass is 613 g/mol. The van der Waals surface area contributed by atoms with Gasteiger partial charge < -0.3 is 24.2 Å². The van der Waals surface area contributed by atoms with Crippen LogP contribution in [0.2, 0.25) is 5.02 Å². The molecule has 1 aromatic carbocycles. The topological polar surface area (TPSA) is 94.0 Å². The van der Waals surface area contributed by atoms with Crippen molar-refractivity contribution in [3.05, 3.63) is 64.3 Å². The number of carboxylic acid groups (broad SMARTS) is 1. The number of rotatable bonds is 10. The molecule has 3 aromatic rings. The number of piperidine rings is 1. The zero-order valence-electron chi connectivity index (χ0n) is 26.0. The lowest BCUT2D eigenvalue weighted by molar-refractivity contribution is -0.160. The Kier molecular flexibility index (Phi) is 9.86. The Bertz CT molecular complexity index is 1460. The zero-order valence-corrected chi connectivity index (χ0v) is 26.7. The van der Waals surface area contributed by atoms with Gasteiger partial charge in [-0.3, -0.25) is 4.98 Å². The van der Waals surface area contributed by atoms with Gasteiger partial charge in [0.1, 0.15) is 19.0 Å². The van der Waals surface area contributed by atoms with Crippen molar-refractivity contribution >= 4 is 23.3 Å². The van der Waals surface area contributed by atoms with Gasteiger partial charge >= 0.3 is 5.97 Å². The molecule has 0 saturated carbocycles. The Morgan fingerprint density at radius 3 is 2.37 bits per heavy atom. The number of halogens is 2. The van der Waals surface area contributed by atoms with Crippen molar-refractivity contribution in [2.75, 3.05) is 31.2 Å². The minimum absolute atomic E-state index is 0.0841. The molecule has 232 valence electrons. The summed E-state index contributed by atoms with van der Waals surface area (Å²) in [6.45, 7) is 15.3. The molecule has 0 bridgehead atoms. The van der Waals surface area contributed by atoms with Gasteiger partial charge in [-0.25, -0.2) is 14.2 Å². The average molecular weight is 614 g/mol. The van der Waals surface area contributed by atoms with Gasteiger partial charge in [0.15, 0.2) is 11.9 Å². The SMILES string of the molecule is Cc1cc(Cl)ccc1OCCOc1ncc(-c2cnc(C)c([C@H](OC(C)(C)C)C(=O)O)c2N2CCC(C)(C)CC2)cc1F. The van der Waals surface area contributed by atoms with Crippen LogP contribution < -0.4 is 14.4 Å². The summed E-state index contributed by atoms with van der Waals surface area (Å²) >= 11 is 6.00. The van der Waals surface area contributed by atoms with E-state index in [0.29, 0.717) is 51.9 Å². The maximum Gasteiger partial charge on any atom is 0.337 e. The lowest BCUT2D eigenvalue weighted by atomic mass is 9.82. The Hall–Kier alpha value is -3.43. The summed E-state index contributed by atoms with van der Waals surface area (Å²) in [7, 11) is 0. The van der Waals surface area contributed by atoms with E-state index < -0.39 is 23.5 Å². The summed E-state index contributed by atoms with van der Waals surface area (Å²) < 4.78 is 32.8. The van der Waals surface area contributed by atoms with Crippen LogP contribution in [0.25, 0.3) is 11.1 Å². The van der Waals surface area contributed by atoms with Crippen LogP contribution >= 0.6 is 11.6 Å². The first-order valence-electron chi connectivity index (χ1n) is 14.5. The predicted octanol–water partition coefficient (Wildman–Crippen LogP) is 7.58. The number of aromatic nitrogens is 2. The zero-order chi connectivity index (χ0) is 31.5.